The van der Waals surface area contributed by atoms with Crippen molar-refractivity contribution in [2.24, 2.45) is 0 Å². The second-order valence-electron chi connectivity index (χ2n) is 6.77. The highest BCUT2D eigenvalue weighted by molar-refractivity contribution is 7.92. The lowest BCUT2D eigenvalue weighted by Gasteiger charge is -2.13. The Hall–Kier alpha value is -2.38. The predicted molar refractivity (Wildman–Crippen MR) is 109 cm³/mol. The third-order valence-corrected chi connectivity index (χ3v) is 6.54. The first-order chi connectivity index (χ1) is 13.1. The molecule has 0 spiro atoms. The highest BCUT2D eigenvalue weighted by atomic mass is 35.5. The number of anilines is 1. The summed E-state index contributed by atoms with van der Waals surface area (Å²) in [6.07, 6.45) is 0. The van der Waals surface area contributed by atoms with E-state index in [1.165, 1.54) is 6.07 Å². The molecule has 0 unspecified atom stereocenters. The molecular formula is C20H21ClFN3O2S. The summed E-state index contributed by atoms with van der Waals surface area (Å²) in [7, 11) is -3.83. The van der Waals surface area contributed by atoms with Gasteiger partial charge < -0.3 is 0 Å². The van der Waals surface area contributed by atoms with E-state index >= 15 is 0 Å². The first-order valence-corrected chi connectivity index (χ1v) is 10.5. The molecule has 8 heteroatoms. The molecule has 0 atom stereocenters. The molecular weight excluding hydrogens is 401 g/mol. The van der Waals surface area contributed by atoms with Crippen LogP contribution in [0.5, 0.6) is 0 Å². The van der Waals surface area contributed by atoms with E-state index in [4.69, 9.17) is 11.6 Å². The summed E-state index contributed by atoms with van der Waals surface area (Å²) < 4.78 is 44.1. The maximum absolute atomic E-state index is 14.0. The third kappa shape index (κ3) is 3.91. The number of nitrogens with zero attached hydrogens (tertiary/aromatic N) is 2. The van der Waals surface area contributed by atoms with Gasteiger partial charge in [-0.15, -0.1) is 0 Å². The summed E-state index contributed by atoms with van der Waals surface area (Å²) in [6.45, 7) is 7.12. The molecule has 0 radical (unpaired) electrons. The molecule has 1 aromatic heterocycles. The standard InChI is InChI=1S/C20H21ClFN3O2S/c1-12-10-19(13(2)9-17(12)21)28(26,27)24-20-14(3)23-25(15(20)4)11-16-7-5-6-8-18(16)22/h5-10,24H,11H2,1-4H3. The average Bonchev–Trinajstić information content (AvgIpc) is 2.87. The van der Waals surface area contributed by atoms with Crippen LogP contribution in [0.1, 0.15) is 28.1 Å². The first-order valence-electron chi connectivity index (χ1n) is 8.67. The molecule has 0 fully saturated rings. The number of benzene rings is 2. The van der Waals surface area contributed by atoms with Crippen molar-refractivity contribution in [3.63, 3.8) is 0 Å². The van der Waals surface area contributed by atoms with Crippen LogP contribution in [0, 0.1) is 33.5 Å². The van der Waals surface area contributed by atoms with Gasteiger partial charge in [0.15, 0.2) is 0 Å². The van der Waals surface area contributed by atoms with Gasteiger partial charge in [-0.3, -0.25) is 9.40 Å². The van der Waals surface area contributed by atoms with Crippen molar-refractivity contribution < 1.29 is 12.8 Å². The van der Waals surface area contributed by atoms with Gasteiger partial charge in [-0.1, -0.05) is 29.8 Å². The van der Waals surface area contributed by atoms with Crippen LogP contribution in [-0.4, -0.2) is 18.2 Å². The van der Waals surface area contributed by atoms with Crippen LogP contribution in [0.15, 0.2) is 41.3 Å². The second kappa shape index (κ2) is 7.56. The normalized spacial score (nSPS) is 11.6. The number of aromatic nitrogens is 2. The molecule has 5 nitrogen and oxygen atoms in total. The van der Waals surface area contributed by atoms with Gasteiger partial charge in [-0.2, -0.15) is 5.10 Å². The second-order valence-corrected chi connectivity index (χ2v) is 8.83. The average molecular weight is 422 g/mol. The molecule has 0 aliphatic carbocycles. The smallest absolute Gasteiger partial charge is 0.262 e. The Labute approximate surface area is 169 Å². The highest BCUT2D eigenvalue weighted by Crippen LogP contribution is 2.28. The van der Waals surface area contributed by atoms with Gasteiger partial charge >= 0.3 is 0 Å². The molecule has 28 heavy (non-hydrogen) atoms. The monoisotopic (exact) mass is 421 g/mol. The number of hydrogen-bond acceptors (Lipinski definition) is 3. The van der Waals surface area contributed by atoms with Crippen molar-refractivity contribution in [3.05, 3.63) is 75.3 Å². The van der Waals surface area contributed by atoms with Gasteiger partial charge in [0.2, 0.25) is 0 Å². The molecule has 0 aliphatic heterocycles. The quantitative estimate of drug-likeness (QED) is 0.646. The number of rotatable bonds is 5. The van der Waals surface area contributed by atoms with Gasteiger partial charge in [-0.05, 0) is 57.0 Å². The number of hydrogen-bond donors (Lipinski definition) is 1. The van der Waals surface area contributed by atoms with Crippen molar-refractivity contribution >= 4 is 27.3 Å². The van der Waals surface area contributed by atoms with Crippen LogP contribution in [-0.2, 0) is 16.6 Å². The van der Waals surface area contributed by atoms with Crippen LogP contribution in [0.2, 0.25) is 5.02 Å². The SMILES string of the molecule is Cc1cc(S(=O)(=O)Nc2c(C)nn(Cc3ccccc3F)c2C)c(C)cc1Cl. The molecule has 0 saturated heterocycles. The van der Waals surface area contributed by atoms with Crippen molar-refractivity contribution in [1.29, 1.82) is 0 Å². The zero-order valence-electron chi connectivity index (χ0n) is 16.0. The van der Waals surface area contributed by atoms with Gasteiger partial charge in [0.05, 0.1) is 28.5 Å². The van der Waals surface area contributed by atoms with Gasteiger partial charge in [0.1, 0.15) is 5.82 Å². The molecule has 3 rings (SSSR count). The number of halogens is 2. The Morgan fingerprint density at radius 3 is 2.46 bits per heavy atom. The largest absolute Gasteiger partial charge is 0.276 e. The Morgan fingerprint density at radius 2 is 1.79 bits per heavy atom. The molecule has 148 valence electrons. The Kier molecular flexibility index (Phi) is 5.50. The molecule has 1 heterocycles. The summed E-state index contributed by atoms with van der Waals surface area (Å²) >= 11 is 6.08. The van der Waals surface area contributed by atoms with Crippen LogP contribution in [0.4, 0.5) is 10.1 Å². The highest BCUT2D eigenvalue weighted by Gasteiger charge is 2.22. The summed E-state index contributed by atoms with van der Waals surface area (Å²) in [5, 5.41) is 4.90. The lowest BCUT2D eigenvalue weighted by molar-refractivity contribution is 0.579. The summed E-state index contributed by atoms with van der Waals surface area (Å²) in [5.41, 5.74) is 3.22. The predicted octanol–water partition coefficient (Wildman–Crippen LogP) is 4.76. The number of aryl methyl sites for hydroxylation is 3. The van der Waals surface area contributed by atoms with Crippen molar-refractivity contribution in [2.75, 3.05) is 4.72 Å². The number of nitrogens with one attached hydrogen (secondary N) is 1. The van der Waals surface area contributed by atoms with Crippen LogP contribution >= 0.6 is 11.6 Å². The maximum Gasteiger partial charge on any atom is 0.262 e. The van der Waals surface area contributed by atoms with E-state index in [0.29, 0.717) is 38.8 Å². The zero-order valence-corrected chi connectivity index (χ0v) is 17.6. The van der Waals surface area contributed by atoms with Crippen molar-refractivity contribution in [2.45, 2.75) is 39.1 Å². The molecule has 0 saturated carbocycles. The van der Waals surface area contributed by atoms with Crippen LogP contribution < -0.4 is 4.72 Å². The fraction of sp³-hybridized carbons (Fsp3) is 0.250. The first kappa shape index (κ1) is 20.4. The van der Waals surface area contributed by atoms with E-state index in [2.05, 4.69) is 9.82 Å². The van der Waals surface area contributed by atoms with Crippen LogP contribution in [0.25, 0.3) is 0 Å². The van der Waals surface area contributed by atoms with Gasteiger partial charge in [0.25, 0.3) is 10.0 Å². The van der Waals surface area contributed by atoms with Crippen LogP contribution in [0.3, 0.4) is 0 Å². The molecule has 2 aromatic carbocycles. The zero-order chi connectivity index (χ0) is 20.6. The van der Waals surface area contributed by atoms with E-state index in [-0.39, 0.29) is 17.3 Å². The lowest BCUT2D eigenvalue weighted by atomic mass is 10.2. The fourth-order valence-corrected chi connectivity index (χ4v) is 4.73. The summed E-state index contributed by atoms with van der Waals surface area (Å²) in [5.74, 6) is -0.329. The van der Waals surface area contributed by atoms with Gasteiger partial charge in [0, 0.05) is 10.6 Å². The Balaban J connectivity index is 1.96. The third-order valence-electron chi connectivity index (χ3n) is 4.64. The Bertz CT molecular complexity index is 1160. The van der Waals surface area contributed by atoms with E-state index < -0.39 is 10.0 Å². The Morgan fingerprint density at radius 1 is 1.11 bits per heavy atom. The lowest BCUT2D eigenvalue weighted by Crippen LogP contribution is -2.16. The molecule has 0 aliphatic rings. The topological polar surface area (TPSA) is 64.0 Å². The minimum atomic E-state index is -3.83. The van der Waals surface area contributed by atoms with E-state index in [0.717, 1.165) is 0 Å². The molecule has 0 bridgehead atoms. The summed E-state index contributed by atoms with van der Waals surface area (Å²) in [6, 6.07) is 9.61. The van der Waals surface area contributed by atoms with E-state index in [1.807, 2.05) is 0 Å². The molecule has 1 N–H and O–H groups in total. The van der Waals surface area contributed by atoms with Crippen molar-refractivity contribution in [3.8, 4) is 0 Å². The van der Waals surface area contributed by atoms with E-state index in [9.17, 15) is 12.8 Å². The molecule has 0 amide bonds. The number of sulfonamides is 1. The summed E-state index contributed by atoms with van der Waals surface area (Å²) in [4.78, 5) is 0.162. The minimum absolute atomic E-state index is 0.162. The van der Waals surface area contributed by atoms with Crippen molar-refractivity contribution in [1.82, 2.24) is 9.78 Å². The van der Waals surface area contributed by atoms with Gasteiger partial charge in [-0.25, -0.2) is 12.8 Å². The fourth-order valence-electron chi connectivity index (χ4n) is 3.02. The molecule has 3 aromatic rings. The minimum Gasteiger partial charge on any atom is -0.276 e. The van der Waals surface area contributed by atoms with E-state index in [1.54, 1.807) is 62.7 Å². The maximum atomic E-state index is 14.0.